The predicted molar refractivity (Wildman–Crippen MR) is 99.3 cm³/mol. The van der Waals surface area contributed by atoms with E-state index in [1.54, 1.807) is 18.5 Å². The maximum Gasteiger partial charge on any atom is 0.306 e. The Morgan fingerprint density at radius 1 is 1.19 bits per heavy atom. The van der Waals surface area contributed by atoms with Gasteiger partial charge in [-0.15, -0.1) is 0 Å². The van der Waals surface area contributed by atoms with Gasteiger partial charge in [-0.2, -0.15) is 0 Å². The van der Waals surface area contributed by atoms with E-state index < -0.39 is 0 Å². The molecule has 132 valence electrons. The normalized spacial score (nSPS) is 15.0. The maximum atomic E-state index is 9.86. The standard InChI is InChI=1S/C21H21N3O2/c1-2-3-11-24-13-23-21-19(20(24)22)18(14-7-5-4-6-8-14)16-10-9-15(25)12-17(16)26-21/h4-10,12-13,18,22,25H,2-3,11H2,1H3/p+1/t18-/m0/s1. The maximum absolute atomic E-state index is 9.86. The lowest BCUT2D eigenvalue weighted by Crippen LogP contribution is -2.39. The van der Waals surface area contributed by atoms with Crippen molar-refractivity contribution < 1.29 is 14.4 Å². The second kappa shape index (κ2) is 6.67. The fraction of sp³-hybridized carbons (Fsp3) is 0.238. The van der Waals surface area contributed by atoms with Crippen molar-refractivity contribution in [2.24, 2.45) is 0 Å². The Morgan fingerprint density at radius 2 is 2.00 bits per heavy atom. The number of ether oxygens (including phenoxy) is 1. The molecule has 0 radical (unpaired) electrons. The summed E-state index contributed by atoms with van der Waals surface area (Å²) in [5.41, 5.74) is 9.53. The third-order valence-electron chi connectivity index (χ3n) is 4.82. The lowest BCUT2D eigenvalue weighted by Gasteiger charge is -2.27. The topological polar surface area (TPSA) is 72.2 Å². The molecule has 0 saturated carbocycles. The highest BCUT2D eigenvalue weighted by molar-refractivity contribution is 5.62. The Labute approximate surface area is 152 Å². The van der Waals surface area contributed by atoms with E-state index in [0.29, 0.717) is 17.4 Å². The van der Waals surface area contributed by atoms with Crippen LogP contribution in [0.5, 0.6) is 17.4 Å². The number of nitrogens with two attached hydrogens (primary N) is 1. The molecule has 0 aliphatic carbocycles. The van der Waals surface area contributed by atoms with E-state index in [9.17, 15) is 5.11 Å². The minimum Gasteiger partial charge on any atom is -0.508 e. The molecule has 0 amide bonds. The van der Waals surface area contributed by atoms with Gasteiger partial charge in [0, 0.05) is 11.6 Å². The van der Waals surface area contributed by atoms with Gasteiger partial charge in [-0.25, -0.2) is 4.57 Å². The monoisotopic (exact) mass is 348 g/mol. The minimum absolute atomic E-state index is 0.0860. The van der Waals surface area contributed by atoms with Crippen molar-refractivity contribution >= 4 is 5.82 Å². The van der Waals surface area contributed by atoms with Crippen molar-refractivity contribution in [3.63, 3.8) is 0 Å². The molecule has 1 aliphatic heterocycles. The minimum atomic E-state index is -0.0860. The number of benzene rings is 2. The molecular weight excluding hydrogens is 326 g/mol. The number of nitrogen functional groups attached to an aromatic ring is 1. The van der Waals surface area contributed by atoms with Gasteiger partial charge in [0.2, 0.25) is 12.1 Å². The van der Waals surface area contributed by atoms with Crippen LogP contribution < -0.4 is 15.0 Å². The van der Waals surface area contributed by atoms with Crippen LogP contribution in [0.1, 0.15) is 42.4 Å². The van der Waals surface area contributed by atoms with Crippen LogP contribution in [0.3, 0.4) is 0 Å². The van der Waals surface area contributed by atoms with Gasteiger partial charge in [0.05, 0.1) is 12.5 Å². The fourth-order valence-corrected chi connectivity index (χ4v) is 3.48. The number of unbranched alkanes of at least 4 members (excludes halogenated alkanes) is 1. The Balaban J connectivity index is 1.92. The molecule has 0 unspecified atom stereocenters. The van der Waals surface area contributed by atoms with Crippen LogP contribution in [0.2, 0.25) is 0 Å². The first-order chi connectivity index (χ1) is 12.7. The summed E-state index contributed by atoms with van der Waals surface area (Å²) in [6, 6.07) is 15.4. The van der Waals surface area contributed by atoms with Crippen molar-refractivity contribution in [1.29, 1.82) is 0 Å². The number of anilines is 1. The van der Waals surface area contributed by atoms with Crippen LogP contribution in [0.15, 0.2) is 54.9 Å². The average Bonchev–Trinajstić information content (AvgIpc) is 2.66. The van der Waals surface area contributed by atoms with E-state index in [4.69, 9.17) is 10.5 Å². The van der Waals surface area contributed by atoms with Gasteiger partial charge in [0.25, 0.3) is 0 Å². The number of aryl methyl sites for hydroxylation is 1. The number of phenolic OH excluding ortho intramolecular Hbond substituents is 1. The number of rotatable bonds is 4. The average molecular weight is 348 g/mol. The summed E-state index contributed by atoms with van der Waals surface area (Å²) in [5.74, 6) is 1.88. The van der Waals surface area contributed by atoms with Crippen molar-refractivity contribution in [3.8, 4) is 17.4 Å². The van der Waals surface area contributed by atoms with E-state index in [-0.39, 0.29) is 11.7 Å². The summed E-state index contributed by atoms with van der Waals surface area (Å²) in [6.45, 7) is 2.98. The van der Waals surface area contributed by atoms with Crippen molar-refractivity contribution in [1.82, 2.24) is 4.98 Å². The summed E-state index contributed by atoms with van der Waals surface area (Å²) < 4.78 is 7.98. The van der Waals surface area contributed by atoms with Crippen LogP contribution in [0, 0.1) is 0 Å². The molecule has 1 atom stereocenters. The van der Waals surface area contributed by atoms with Gasteiger partial charge in [-0.3, -0.25) is 0 Å². The third kappa shape index (κ3) is 2.75. The zero-order chi connectivity index (χ0) is 18.1. The number of nitrogens with zero attached hydrogens (tertiary/aromatic N) is 2. The summed E-state index contributed by atoms with van der Waals surface area (Å²) >= 11 is 0. The molecule has 0 bridgehead atoms. The molecule has 5 nitrogen and oxygen atoms in total. The van der Waals surface area contributed by atoms with Crippen molar-refractivity contribution in [3.05, 3.63) is 71.5 Å². The highest BCUT2D eigenvalue weighted by Crippen LogP contribution is 2.48. The van der Waals surface area contributed by atoms with Crippen LogP contribution in [0.4, 0.5) is 5.82 Å². The number of aromatic nitrogens is 2. The first kappa shape index (κ1) is 16.4. The smallest absolute Gasteiger partial charge is 0.306 e. The highest BCUT2D eigenvalue weighted by atomic mass is 16.5. The van der Waals surface area contributed by atoms with Crippen molar-refractivity contribution in [2.45, 2.75) is 32.2 Å². The largest absolute Gasteiger partial charge is 0.508 e. The molecular formula is C21H22N3O2+. The molecule has 1 aliphatic rings. The Morgan fingerprint density at radius 3 is 2.77 bits per heavy atom. The fourth-order valence-electron chi connectivity index (χ4n) is 3.48. The second-order valence-electron chi connectivity index (χ2n) is 6.56. The zero-order valence-corrected chi connectivity index (χ0v) is 14.7. The molecule has 0 fully saturated rings. The van der Waals surface area contributed by atoms with Gasteiger partial charge in [-0.05, 0) is 18.1 Å². The number of aromatic hydroxyl groups is 1. The Hall–Kier alpha value is -3.08. The number of hydrogen-bond acceptors (Lipinski definition) is 4. The number of phenols is 1. The molecule has 2 heterocycles. The Bertz CT molecular complexity index is 941. The van der Waals surface area contributed by atoms with Crippen LogP contribution in [-0.4, -0.2) is 10.1 Å². The van der Waals surface area contributed by atoms with E-state index in [0.717, 1.165) is 36.1 Å². The first-order valence-electron chi connectivity index (χ1n) is 8.92. The molecule has 3 aromatic rings. The van der Waals surface area contributed by atoms with E-state index in [2.05, 4.69) is 24.0 Å². The van der Waals surface area contributed by atoms with Gasteiger partial charge in [0.15, 0.2) is 0 Å². The molecule has 5 heteroatoms. The summed E-state index contributed by atoms with van der Waals surface area (Å²) in [7, 11) is 0. The summed E-state index contributed by atoms with van der Waals surface area (Å²) in [6.07, 6.45) is 3.86. The molecule has 3 N–H and O–H groups in total. The van der Waals surface area contributed by atoms with Crippen LogP contribution >= 0.6 is 0 Å². The van der Waals surface area contributed by atoms with E-state index >= 15 is 0 Å². The quantitative estimate of drug-likeness (QED) is 0.551. The van der Waals surface area contributed by atoms with Gasteiger partial charge in [0.1, 0.15) is 17.1 Å². The molecule has 4 rings (SSSR count). The number of fused-ring (bicyclic) bond motifs is 2. The molecule has 1 aromatic heterocycles. The van der Waals surface area contributed by atoms with Crippen molar-refractivity contribution in [2.75, 3.05) is 5.73 Å². The Kier molecular flexibility index (Phi) is 4.21. The third-order valence-corrected chi connectivity index (χ3v) is 4.82. The van der Waals surface area contributed by atoms with Crippen LogP contribution in [0.25, 0.3) is 0 Å². The molecule has 0 spiro atoms. The van der Waals surface area contributed by atoms with E-state index in [1.807, 2.05) is 28.8 Å². The number of hydrogen-bond donors (Lipinski definition) is 2. The highest BCUT2D eigenvalue weighted by Gasteiger charge is 2.36. The predicted octanol–water partition coefficient (Wildman–Crippen LogP) is 3.74. The lowest BCUT2D eigenvalue weighted by atomic mass is 9.83. The van der Waals surface area contributed by atoms with E-state index in [1.165, 1.54) is 0 Å². The zero-order valence-electron chi connectivity index (χ0n) is 14.7. The summed E-state index contributed by atoms with van der Waals surface area (Å²) in [4.78, 5) is 4.52. The molecule has 0 saturated heterocycles. The van der Waals surface area contributed by atoms with Crippen LogP contribution in [-0.2, 0) is 6.54 Å². The SMILES string of the molecule is CCCC[n+]1cnc2c(c1N)[C@@H](c1ccccc1)c1ccc(O)cc1O2. The first-order valence-corrected chi connectivity index (χ1v) is 8.92. The second-order valence-corrected chi connectivity index (χ2v) is 6.56. The summed E-state index contributed by atoms with van der Waals surface area (Å²) in [5, 5.41) is 9.86. The van der Waals surface area contributed by atoms with Gasteiger partial charge < -0.3 is 15.6 Å². The lowest BCUT2D eigenvalue weighted by molar-refractivity contribution is -0.686. The molecule has 2 aromatic carbocycles. The van der Waals surface area contributed by atoms with Gasteiger partial charge >= 0.3 is 5.88 Å². The van der Waals surface area contributed by atoms with Gasteiger partial charge in [-0.1, -0.05) is 54.7 Å². The molecule has 26 heavy (non-hydrogen) atoms.